The number of thiophene rings is 1. The molecule has 2 nitrogen and oxygen atoms in total. The van der Waals surface area contributed by atoms with E-state index in [4.69, 9.17) is 4.74 Å². The molecule has 1 aromatic rings. The van der Waals surface area contributed by atoms with Gasteiger partial charge in [-0.3, -0.25) is 0 Å². The maximum atomic E-state index is 10.2. The van der Waals surface area contributed by atoms with Gasteiger partial charge < -0.3 is 9.84 Å². The summed E-state index contributed by atoms with van der Waals surface area (Å²) >= 11 is 1.63. The first-order chi connectivity index (χ1) is 7.33. The quantitative estimate of drug-likeness (QED) is 0.855. The summed E-state index contributed by atoms with van der Waals surface area (Å²) in [5.74, 6) is 0. The molecule has 0 aromatic carbocycles. The Hall–Kier alpha value is -0.800. The van der Waals surface area contributed by atoms with Gasteiger partial charge in [0.1, 0.15) is 6.10 Å². The molecular weight excluding hydrogens is 208 g/mol. The van der Waals surface area contributed by atoms with E-state index in [0.717, 1.165) is 36.3 Å². The van der Waals surface area contributed by atoms with Crippen LogP contribution in [-0.4, -0.2) is 11.7 Å². The van der Waals surface area contributed by atoms with E-state index in [9.17, 15) is 5.11 Å². The van der Waals surface area contributed by atoms with Crippen molar-refractivity contribution in [1.29, 1.82) is 0 Å². The molecule has 15 heavy (non-hydrogen) atoms. The average Bonchev–Trinajstić information content (AvgIpc) is 2.77. The number of hydrogen-bond donors (Lipinski definition) is 1. The molecule has 0 bridgehead atoms. The van der Waals surface area contributed by atoms with Gasteiger partial charge in [0.25, 0.3) is 0 Å². The Morgan fingerprint density at radius 2 is 2.47 bits per heavy atom. The summed E-state index contributed by atoms with van der Waals surface area (Å²) in [6, 6.07) is 2.09. The van der Waals surface area contributed by atoms with E-state index in [-0.39, 0.29) is 0 Å². The van der Waals surface area contributed by atoms with E-state index in [0.29, 0.717) is 0 Å². The lowest BCUT2D eigenvalue weighted by atomic mass is 10.0. The number of ether oxygens (including phenoxy) is 1. The summed E-state index contributed by atoms with van der Waals surface area (Å²) in [6.45, 7) is 2.89. The Balaban J connectivity index is 2.19. The normalized spacial score (nSPS) is 18.1. The number of aliphatic hydroxyl groups excluding tert-OH is 1. The fraction of sp³-hybridized carbons (Fsp3) is 0.500. The van der Waals surface area contributed by atoms with Crippen LogP contribution in [0.2, 0.25) is 0 Å². The van der Waals surface area contributed by atoms with Gasteiger partial charge in [-0.25, -0.2) is 0 Å². The first-order valence-corrected chi connectivity index (χ1v) is 6.25. The zero-order valence-corrected chi connectivity index (χ0v) is 9.72. The lowest BCUT2D eigenvalue weighted by molar-refractivity contribution is 0.172. The zero-order valence-electron chi connectivity index (χ0n) is 8.90. The molecule has 1 aliphatic rings. The first-order valence-electron chi connectivity index (χ1n) is 5.37. The molecule has 1 atom stereocenters. The summed E-state index contributed by atoms with van der Waals surface area (Å²) < 4.78 is 5.26. The molecule has 0 amide bonds. The standard InChI is InChI=1S/C12H16O2S/c1-2-9-5-7-15-12(9)11(13)10-4-3-6-14-8-10/h5,7-8,11,13H,2-4,6H2,1H3. The van der Waals surface area contributed by atoms with Crippen LogP contribution in [0.4, 0.5) is 0 Å². The van der Waals surface area contributed by atoms with Gasteiger partial charge in [-0.15, -0.1) is 11.3 Å². The van der Waals surface area contributed by atoms with Crippen molar-refractivity contribution >= 4 is 11.3 Å². The molecule has 1 aliphatic heterocycles. The predicted octanol–water partition coefficient (Wildman–Crippen LogP) is 3.04. The molecule has 2 rings (SSSR count). The fourth-order valence-corrected chi connectivity index (χ4v) is 2.86. The maximum absolute atomic E-state index is 10.2. The third-order valence-corrected chi connectivity index (χ3v) is 3.74. The van der Waals surface area contributed by atoms with E-state index in [1.807, 2.05) is 5.38 Å². The van der Waals surface area contributed by atoms with Crippen LogP contribution in [0.1, 0.15) is 36.3 Å². The lowest BCUT2D eigenvalue weighted by Gasteiger charge is -2.18. The molecule has 1 unspecified atom stereocenters. The van der Waals surface area contributed by atoms with Crippen LogP contribution in [0.3, 0.4) is 0 Å². The second-order valence-corrected chi connectivity index (χ2v) is 4.68. The van der Waals surface area contributed by atoms with Gasteiger partial charge in [-0.2, -0.15) is 0 Å². The van der Waals surface area contributed by atoms with Crippen molar-refractivity contribution in [2.24, 2.45) is 0 Å². The summed E-state index contributed by atoms with van der Waals surface area (Å²) in [5.41, 5.74) is 2.26. The zero-order chi connectivity index (χ0) is 10.7. The van der Waals surface area contributed by atoms with Gasteiger partial charge in [-0.05, 0) is 41.8 Å². The van der Waals surface area contributed by atoms with Gasteiger partial charge in [0.05, 0.1) is 12.9 Å². The predicted molar refractivity (Wildman–Crippen MR) is 61.9 cm³/mol. The minimum Gasteiger partial charge on any atom is -0.501 e. The van der Waals surface area contributed by atoms with Crippen molar-refractivity contribution in [3.63, 3.8) is 0 Å². The number of aryl methyl sites for hydroxylation is 1. The fourth-order valence-electron chi connectivity index (χ4n) is 1.83. The minimum absolute atomic E-state index is 0.458. The van der Waals surface area contributed by atoms with Gasteiger partial charge >= 0.3 is 0 Å². The topological polar surface area (TPSA) is 29.5 Å². The summed E-state index contributed by atoms with van der Waals surface area (Å²) in [6.07, 6.45) is 4.20. The average molecular weight is 224 g/mol. The molecular formula is C12H16O2S. The van der Waals surface area contributed by atoms with Gasteiger partial charge in [0, 0.05) is 4.88 Å². The number of rotatable bonds is 3. The molecule has 1 aromatic heterocycles. The molecule has 0 saturated carbocycles. The molecule has 1 N–H and O–H groups in total. The van der Waals surface area contributed by atoms with Crippen molar-refractivity contribution in [3.05, 3.63) is 33.7 Å². The third kappa shape index (κ3) is 2.24. The smallest absolute Gasteiger partial charge is 0.113 e. The molecule has 3 heteroatoms. The highest BCUT2D eigenvalue weighted by Crippen LogP contribution is 2.33. The van der Waals surface area contributed by atoms with Crippen molar-refractivity contribution in [3.8, 4) is 0 Å². The summed E-state index contributed by atoms with van der Waals surface area (Å²) in [5, 5.41) is 12.3. The van der Waals surface area contributed by atoms with Crippen LogP contribution in [0.15, 0.2) is 23.3 Å². The van der Waals surface area contributed by atoms with Crippen molar-refractivity contribution < 1.29 is 9.84 Å². The second kappa shape index (κ2) is 4.81. The van der Waals surface area contributed by atoms with E-state index < -0.39 is 6.10 Å². The highest BCUT2D eigenvalue weighted by molar-refractivity contribution is 7.10. The van der Waals surface area contributed by atoms with E-state index in [1.165, 1.54) is 5.56 Å². The van der Waals surface area contributed by atoms with Gasteiger partial charge in [0.2, 0.25) is 0 Å². The third-order valence-electron chi connectivity index (χ3n) is 2.72. The number of hydrogen-bond acceptors (Lipinski definition) is 3. The summed E-state index contributed by atoms with van der Waals surface area (Å²) in [4.78, 5) is 1.08. The largest absolute Gasteiger partial charge is 0.501 e. The second-order valence-electron chi connectivity index (χ2n) is 3.73. The Morgan fingerprint density at radius 1 is 1.60 bits per heavy atom. The van der Waals surface area contributed by atoms with Gasteiger partial charge in [-0.1, -0.05) is 6.92 Å². The Kier molecular flexibility index (Phi) is 3.44. The molecule has 2 heterocycles. The highest BCUT2D eigenvalue weighted by atomic mass is 32.1. The Bertz CT molecular complexity index is 354. The Labute approximate surface area is 94.2 Å². The lowest BCUT2D eigenvalue weighted by Crippen LogP contribution is -2.07. The van der Waals surface area contributed by atoms with E-state index >= 15 is 0 Å². The molecule has 0 radical (unpaired) electrons. The maximum Gasteiger partial charge on any atom is 0.113 e. The molecule has 0 spiro atoms. The Morgan fingerprint density at radius 3 is 3.13 bits per heavy atom. The van der Waals surface area contributed by atoms with Crippen LogP contribution in [0.5, 0.6) is 0 Å². The molecule has 82 valence electrons. The van der Waals surface area contributed by atoms with Crippen LogP contribution in [0, 0.1) is 0 Å². The van der Waals surface area contributed by atoms with Crippen LogP contribution in [-0.2, 0) is 11.2 Å². The summed E-state index contributed by atoms with van der Waals surface area (Å²) in [7, 11) is 0. The van der Waals surface area contributed by atoms with Crippen LogP contribution < -0.4 is 0 Å². The molecule has 0 saturated heterocycles. The van der Waals surface area contributed by atoms with Gasteiger partial charge in [0.15, 0.2) is 0 Å². The van der Waals surface area contributed by atoms with E-state index in [1.54, 1.807) is 17.6 Å². The monoisotopic (exact) mass is 224 g/mol. The highest BCUT2D eigenvalue weighted by Gasteiger charge is 2.19. The molecule has 0 fully saturated rings. The van der Waals surface area contributed by atoms with Crippen LogP contribution >= 0.6 is 11.3 Å². The van der Waals surface area contributed by atoms with Crippen LogP contribution in [0.25, 0.3) is 0 Å². The van der Waals surface area contributed by atoms with Crippen molar-refractivity contribution in [2.45, 2.75) is 32.3 Å². The minimum atomic E-state index is -0.458. The SMILES string of the molecule is CCc1ccsc1C(O)C1=COCCC1. The van der Waals surface area contributed by atoms with Crippen molar-refractivity contribution in [2.75, 3.05) is 6.61 Å². The van der Waals surface area contributed by atoms with Crippen molar-refractivity contribution in [1.82, 2.24) is 0 Å². The molecule has 0 aliphatic carbocycles. The number of aliphatic hydroxyl groups is 1. The first kappa shape index (κ1) is 10.7. The van der Waals surface area contributed by atoms with E-state index in [2.05, 4.69) is 13.0 Å².